The lowest BCUT2D eigenvalue weighted by Gasteiger charge is -2.47. The first kappa shape index (κ1) is 18.6. The molecule has 2 N–H and O–H groups in total. The van der Waals surface area contributed by atoms with Crippen molar-refractivity contribution < 1.29 is 9.32 Å². The number of nitrogens with one attached hydrogen (secondary N) is 2. The quantitative estimate of drug-likeness (QED) is 0.816. The van der Waals surface area contributed by atoms with Crippen LogP contribution in [0.1, 0.15) is 62.3 Å². The Kier molecular flexibility index (Phi) is 4.78. The van der Waals surface area contributed by atoms with Gasteiger partial charge >= 0.3 is 6.03 Å². The van der Waals surface area contributed by atoms with Gasteiger partial charge in [-0.1, -0.05) is 23.7 Å². The monoisotopic (exact) mass is 395 g/mol. The Balaban J connectivity index is 1.30. The SMILES string of the molecule is Cc1cccc(NC(=O)NC2C[C@H]3CCC[C@@H](C2)N3C)c1-c1nc(C2CC2)no1. The topological polar surface area (TPSA) is 83.3 Å². The molecular formula is C22H29N5O2. The van der Waals surface area contributed by atoms with Crippen LogP contribution in [0.5, 0.6) is 0 Å². The van der Waals surface area contributed by atoms with Crippen molar-refractivity contribution in [3.63, 3.8) is 0 Å². The predicted molar refractivity (Wildman–Crippen MR) is 111 cm³/mol. The molecule has 5 rings (SSSR count). The number of aryl methyl sites for hydroxylation is 1. The average molecular weight is 396 g/mol. The lowest BCUT2D eigenvalue weighted by Crippen LogP contribution is -2.55. The highest BCUT2D eigenvalue weighted by atomic mass is 16.5. The highest BCUT2D eigenvalue weighted by Crippen LogP contribution is 2.40. The van der Waals surface area contributed by atoms with E-state index in [0.29, 0.717) is 29.6 Å². The third-order valence-electron chi connectivity index (χ3n) is 6.79. The van der Waals surface area contributed by atoms with Crippen molar-refractivity contribution in [2.75, 3.05) is 12.4 Å². The molecule has 3 aliphatic rings. The van der Waals surface area contributed by atoms with Crippen molar-refractivity contribution in [1.82, 2.24) is 20.4 Å². The summed E-state index contributed by atoms with van der Waals surface area (Å²) in [4.78, 5) is 19.9. The molecule has 3 atom stereocenters. The minimum absolute atomic E-state index is 0.161. The second kappa shape index (κ2) is 7.44. The maximum absolute atomic E-state index is 12.8. The van der Waals surface area contributed by atoms with Gasteiger partial charge in [-0.15, -0.1) is 0 Å². The van der Waals surface area contributed by atoms with E-state index < -0.39 is 0 Å². The third-order valence-corrected chi connectivity index (χ3v) is 6.79. The number of hydrogen-bond donors (Lipinski definition) is 2. The van der Waals surface area contributed by atoms with Crippen LogP contribution in [0.15, 0.2) is 22.7 Å². The molecule has 7 heteroatoms. The first-order chi connectivity index (χ1) is 14.1. The fourth-order valence-corrected chi connectivity index (χ4v) is 4.98. The fraction of sp³-hybridized carbons (Fsp3) is 0.591. The van der Waals surface area contributed by atoms with Crippen LogP contribution in [-0.2, 0) is 0 Å². The van der Waals surface area contributed by atoms with E-state index >= 15 is 0 Å². The summed E-state index contributed by atoms with van der Waals surface area (Å²) in [6.45, 7) is 2.00. The number of hydrogen-bond acceptors (Lipinski definition) is 5. The van der Waals surface area contributed by atoms with E-state index in [2.05, 4.69) is 32.7 Å². The molecule has 154 valence electrons. The number of urea groups is 1. The molecule has 2 saturated heterocycles. The molecule has 7 nitrogen and oxygen atoms in total. The zero-order chi connectivity index (χ0) is 20.0. The summed E-state index contributed by atoms with van der Waals surface area (Å²) in [5.74, 6) is 1.69. The summed E-state index contributed by atoms with van der Waals surface area (Å²) in [6, 6.07) is 7.06. The van der Waals surface area contributed by atoms with Gasteiger partial charge in [-0.05, 0) is 64.1 Å². The molecule has 29 heavy (non-hydrogen) atoms. The van der Waals surface area contributed by atoms with Crippen LogP contribution >= 0.6 is 0 Å². The predicted octanol–water partition coefficient (Wildman–Crippen LogP) is 4.06. The Labute approximate surface area is 171 Å². The van der Waals surface area contributed by atoms with E-state index in [0.717, 1.165) is 42.6 Å². The number of piperidine rings is 2. The highest BCUT2D eigenvalue weighted by molar-refractivity contribution is 5.94. The summed E-state index contributed by atoms with van der Waals surface area (Å²) in [5.41, 5.74) is 2.52. The smallest absolute Gasteiger partial charge is 0.319 e. The van der Waals surface area contributed by atoms with Gasteiger partial charge in [0.05, 0.1) is 11.3 Å². The van der Waals surface area contributed by atoms with Gasteiger partial charge in [-0.2, -0.15) is 4.98 Å². The van der Waals surface area contributed by atoms with E-state index in [9.17, 15) is 4.79 Å². The summed E-state index contributed by atoms with van der Waals surface area (Å²) >= 11 is 0. The van der Waals surface area contributed by atoms with Crippen LogP contribution < -0.4 is 10.6 Å². The molecule has 0 radical (unpaired) electrons. The molecule has 3 heterocycles. The van der Waals surface area contributed by atoms with Crippen molar-refractivity contribution in [3.8, 4) is 11.5 Å². The van der Waals surface area contributed by atoms with E-state index in [4.69, 9.17) is 4.52 Å². The number of carbonyl (C=O) groups excluding carboxylic acids is 1. The molecule has 2 amide bonds. The van der Waals surface area contributed by atoms with Crippen molar-refractivity contribution >= 4 is 11.7 Å². The third kappa shape index (κ3) is 3.75. The maximum Gasteiger partial charge on any atom is 0.319 e. The number of amides is 2. The molecule has 1 unspecified atom stereocenters. The van der Waals surface area contributed by atoms with Gasteiger partial charge in [0.25, 0.3) is 5.89 Å². The van der Waals surface area contributed by atoms with E-state index in [1.807, 2.05) is 25.1 Å². The molecule has 2 aliphatic heterocycles. The summed E-state index contributed by atoms with van der Waals surface area (Å²) in [7, 11) is 2.23. The van der Waals surface area contributed by atoms with E-state index in [1.54, 1.807) is 0 Å². The number of anilines is 1. The largest absolute Gasteiger partial charge is 0.335 e. The van der Waals surface area contributed by atoms with Crippen molar-refractivity contribution in [2.45, 2.75) is 75.9 Å². The van der Waals surface area contributed by atoms with E-state index in [1.165, 1.54) is 19.3 Å². The maximum atomic E-state index is 12.8. The molecule has 1 saturated carbocycles. The highest BCUT2D eigenvalue weighted by Gasteiger charge is 2.36. The molecule has 3 fully saturated rings. The Morgan fingerprint density at radius 2 is 1.93 bits per heavy atom. The summed E-state index contributed by atoms with van der Waals surface area (Å²) in [5, 5.41) is 10.4. The van der Waals surface area contributed by atoms with Crippen LogP contribution in [0.3, 0.4) is 0 Å². The first-order valence-electron chi connectivity index (χ1n) is 10.8. The molecule has 2 bridgehead atoms. The minimum Gasteiger partial charge on any atom is -0.335 e. The normalized spacial score (nSPS) is 26.9. The number of aromatic nitrogens is 2. The van der Waals surface area contributed by atoms with Gasteiger partial charge in [0.2, 0.25) is 0 Å². The minimum atomic E-state index is -0.161. The van der Waals surface area contributed by atoms with Crippen molar-refractivity contribution in [2.24, 2.45) is 0 Å². The average Bonchev–Trinajstić information content (AvgIpc) is 3.41. The summed E-state index contributed by atoms with van der Waals surface area (Å²) < 4.78 is 5.53. The fourth-order valence-electron chi connectivity index (χ4n) is 4.98. The van der Waals surface area contributed by atoms with Crippen LogP contribution in [-0.4, -0.2) is 46.2 Å². The van der Waals surface area contributed by atoms with Crippen molar-refractivity contribution in [1.29, 1.82) is 0 Å². The van der Waals surface area contributed by atoms with Crippen LogP contribution in [0.4, 0.5) is 10.5 Å². The Hall–Kier alpha value is -2.41. The second-order valence-electron chi connectivity index (χ2n) is 8.90. The lowest BCUT2D eigenvalue weighted by atomic mass is 9.82. The standard InChI is InChI=1S/C22H29N5O2/c1-13-5-3-8-18(19(13)21-25-20(26-29-21)14-9-10-14)24-22(28)23-15-11-16-6-4-7-17(12-15)27(16)2/h3,5,8,14-17H,4,6-7,9-12H2,1-2H3,(H2,23,24,28)/t15?,16-,17+. The first-order valence-corrected chi connectivity index (χ1v) is 10.8. The summed E-state index contributed by atoms with van der Waals surface area (Å²) in [6.07, 6.45) is 8.06. The zero-order valence-corrected chi connectivity index (χ0v) is 17.1. The van der Waals surface area contributed by atoms with Gasteiger partial charge in [-0.3, -0.25) is 0 Å². The van der Waals surface area contributed by atoms with Gasteiger partial charge in [0.1, 0.15) is 0 Å². The van der Waals surface area contributed by atoms with Crippen molar-refractivity contribution in [3.05, 3.63) is 29.6 Å². The van der Waals surface area contributed by atoms with E-state index in [-0.39, 0.29) is 12.1 Å². The number of fused-ring (bicyclic) bond motifs is 2. The van der Waals surface area contributed by atoms with Gasteiger partial charge in [0.15, 0.2) is 5.82 Å². The molecule has 1 aliphatic carbocycles. The number of carbonyl (C=O) groups is 1. The molecule has 1 aromatic heterocycles. The molecular weight excluding hydrogens is 366 g/mol. The molecule has 0 spiro atoms. The Bertz CT molecular complexity index is 892. The van der Waals surface area contributed by atoms with Crippen LogP contribution in [0, 0.1) is 6.92 Å². The van der Waals surface area contributed by atoms with Gasteiger partial charge in [-0.25, -0.2) is 4.79 Å². The molecule has 2 aromatic rings. The second-order valence-corrected chi connectivity index (χ2v) is 8.90. The number of rotatable bonds is 4. The van der Waals surface area contributed by atoms with Crippen LogP contribution in [0.25, 0.3) is 11.5 Å². The van der Waals surface area contributed by atoms with Gasteiger partial charge in [0, 0.05) is 24.0 Å². The lowest BCUT2D eigenvalue weighted by molar-refractivity contribution is 0.0513. The Morgan fingerprint density at radius 3 is 2.66 bits per heavy atom. The number of benzene rings is 1. The molecule has 1 aromatic carbocycles. The zero-order valence-electron chi connectivity index (χ0n) is 17.1. The van der Waals surface area contributed by atoms with Crippen LogP contribution in [0.2, 0.25) is 0 Å². The Morgan fingerprint density at radius 1 is 1.17 bits per heavy atom. The van der Waals surface area contributed by atoms with Gasteiger partial charge < -0.3 is 20.1 Å². The number of nitrogens with zero attached hydrogens (tertiary/aromatic N) is 3.